The predicted molar refractivity (Wildman–Crippen MR) is 94.7 cm³/mol. The standard InChI is InChI=1S/C18H19N3O4/c1-12(22)20-13-6-5-7-14(10-13)21-17(23)11-19-18(24)15-8-3-4-9-16(15)25-2/h3-10H,11H2,1-2H3,(H,19,24)(H,20,22)(H,21,23). The van der Waals surface area contributed by atoms with Crippen molar-refractivity contribution >= 4 is 29.1 Å². The number of hydrogen-bond acceptors (Lipinski definition) is 4. The van der Waals surface area contributed by atoms with E-state index in [4.69, 9.17) is 4.74 Å². The molecule has 25 heavy (non-hydrogen) atoms. The molecular formula is C18H19N3O4. The topological polar surface area (TPSA) is 96.5 Å². The number of carbonyl (C=O) groups excluding carboxylic acids is 3. The first-order valence-corrected chi connectivity index (χ1v) is 7.58. The van der Waals surface area contributed by atoms with E-state index in [-0.39, 0.29) is 18.4 Å². The molecular weight excluding hydrogens is 322 g/mol. The van der Waals surface area contributed by atoms with Gasteiger partial charge in [0.25, 0.3) is 5.91 Å². The minimum atomic E-state index is -0.403. The Morgan fingerprint density at radius 3 is 2.32 bits per heavy atom. The average Bonchev–Trinajstić information content (AvgIpc) is 2.59. The van der Waals surface area contributed by atoms with Crippen molar-refractivity contribution < 1.29 is 19.1 Å². The fourth-order valence-corrected chi connectivity index (χ4v) is 2.17. The molecule has 0 aromatic heterocycles. The molecule has 0 aliphatic rings. The number of anilines is 2. The first-order chi connectivity index (χ1) is 12.0. The van der Waals surface area contributed by atoms with Gasteiger partial charge in [0, 0.05) is 18.3 Å². The van der Waals surface area contributed by atoms with E-state index < -0.39 is 5.91 Å². The Hall–Kier alpha value is -3.35. The van der Waals surface area contributed by atoms with Gasteiger partial charge in [0.05, 0.1) is 19.2 Å². The summed E-state index contributed by atoms with van der Waals surface area (Å²) in [4.78, 5) is 35.2. The number of hydrogen-bond donors (Lipinski definition) is 3. The highest BCUT2D eigenvalue weighted by atomic mass is 16.5. The van der Waals surface area contributed by atoms with Crippen molar-refractivity contribution in [3.63, 3.8) is 0 Å². The minimum Gasteiger partial charge on any atom is -0.496 e. The largest absolute Gasteiger partial charge is 0.496 e. The Labute approximate surface area is 145 Å². The summed E-state index contributed by atoms with van der Waals surface area (Å²) in [5, 5.41) is 7.82. The molecule has 0 aliphatic heterocycles. The molecule has 2 aromatic carbocycles. The number of methoxy groups -OCH3 is 1. The molecule has 3 N–H and O–H groups in total. The number of para-hydroxylation sites is 1. The zero-order valence-electron chi connectivity index (χ0n) is 14.0. The van der Waals surface area contributed by atoms with Crippen LogP contribution in [-0.4, -0.2) is 31.4 Å². The van der Waals surface area contributed by atoms with E-state index in [1.165, 1.54) is 14.0 Å². The van der Waals surface area contributed by atoms with E-state index in [0.29, 0.717) is 22.7 Å². The maximum Gasteiger partial charge on any atom is 0.255 e. The maximum absolute atomic E-state index is 12.1. The summed E-state index contributed by atoms with van der Waals surface area (Å²) in [6.07, 6.45) is 0. The third kappa shape index (κ3) is 5.35. The van der Waals surface area contributed by atoms with Crippen LogP contribution in [0.25, 0.3) is 0 Å². The van der Waals surface area contributed by atoms with Gasteiger partial charge in [-0.25, -0.2) is 0 Å². The van der Waals surface area contributed by atoms with Crippen molar-refractivity contribution in [3.8, 4) is 5.75 Å². The summed E-state index contributed by atoms with van der Waals surface area (Å²) < 4.78 is 5.12. The molecule has 0 spiro atoms. The van der Waals surface area contributed by atoms with Crippen molar-refractivity contribution in [2.75, 3.05) is 24.3 Å². The van der Waals surface area contributed by atoms with Crippen molar-refractivity contribution in [2.45, 2.75) is 6.92 Å². The summed E-state index contributed by atoms with van der Waals surface area (Å²) in [6, 6.07) is 13.5. The van der Waals surface area contributed by atoms with Gasteiger partial charge in [-0.1, -0.05) is 18.2 Å². The molecule has 0 saturated carbocycles. The van der Waals surface area contributed by atoms with Crippen LogP contribution in [0, 0.1) is 0 Å². The highest BCUT2D eigenvalue weighted by Gasteiger charge is 2.12. The molecule has 7 nitrogen and oxygen atoms in total. The van der Waals surface area contributed by atoms with Crippen LogP contribution in [0.4, 0.5) is 11.4 Å². The van der Waals surface area contributed by atoms with Crippen molar-refractivity contribution in [1.29, 1.82) is 0 Å². The normalized spacial score (nSPS) is 9.84. The molecule has 0 aliphatic carbocycles. The first-order valence-electron chi connectivity index (χ1n) is 7.58. The number of carbonyl (C=O) groups is 3. The average molecular weight is 341 g/mol. The molecule has 0 unspecified atom stereocenters. The van der Waals surface area contributed by atoms with Crippen LogP contribution < -0.4 is 20.7 Å². The highest BCUT2D eigenvalue weighted by molar-refractivity contribution is 6.01. The lowest BCUT2D eigenvalue weighted by molar-refractivity contribution is -0.115. The Kier molecular flexibility index (Phi) is 6.11. The second kappa shape index (κ2) is 8.49. The van der Waals surface area contributed by atoms with Gasteiger partial charge in [-0.05, 0) is 30.3 Å². The van der Waals surface area contributed by atoms with Crippen LogP contribution in [0.5, 0.6) is 5.75 Å². The van der Waals surface area contributed by atoms with E-state index in [2.05, 4.69) is 16.0 Å². The first kappa shape index (κ1) is 18.0. The minimum absolute atomic E-state index is 0.193. The highest BCUT2D eigenvalue weighted by Crippen LogP contribution is 2.17. The van der Waals surface area contributed by atoms with Gasteiger partial charge in [0.1, 0.15) is 5.75 Å². The Bertz CT molecular complexity index is 789. The molecule has 0 heterocycles. The van der Waals surface area contributed by atoms with Crippen LogP contribution in [0.1, 0.15) is 17.3 Å². The van der Waals surface area contributed by atoms with E-state index in [0.717, 1.165) is 0 Å². The lowest BCUT2D eigenvalue weighted by Gasteiger charge is -2.10. The smallest absolute Gasteiger partial charge is 0.255 e. The summed E-state index contributed by atoms with van der Waals surface area (Å²) in [6.45, 7) is 1.21. The lowest BCUT2D eigenvalue weighted by Crippen LogP contribution is -2.33. The number of benzene rings is 2. The molecule has 2 aromatic rings. The summed E-state index contributed by atoms with van der Waals surface area (Å²) in [5.74, 6) is -0.557. The number of nitrogens with one attached hydrogen (secondary N) is 3. The Morgan fingerprint density at radius 1 is 0.960 bits per heavy atom. The van der Waals surface area contributed by atoms with Crippen molar-refractivity contribution in [3.05, 3.63) is 54.1 Å². The predicted octanol–water partition coefficient (Wildman–Crippen LogP) is 2.02. The van der Waals surface area contributed by atoms with E-state index in [9.17, 15) is 14.4 Å². The van der Waals surface area contributed by atoms with Gasteiger partial charge in [0.15, 0.2) is 0 Å². The number of rotatable bonds is 6. The zero-order valence-corrected chi connectivity index (χ0v) is 14.0. The van der Waals surface area contributed by atoms with Gasteiger partial charge in [-0.3, -0.25) is 14.4 Å². The zero-order chi connectivity index (χ0) is 18.2. The third-order valence-electron chi connectivity index (χ3n) is 3.23. The van der Waals surface area contributed by atoms with Gasteiger partial charge >= 0.3 is 0 Å². The molecule has 3 amide bonds. The van der Waals surface area contributed by atoms with E-state index >= 15 is 0 Å². The fourth-order valence-electron chi connectivity index (χ4n) is 2.17. The maximum atomic E-state index is 12.1. The van der Waals surface area contributed by atoms with Gasteiger partial charge in [-0.2, -0.15) is 0 Å². The van der Waals surface area contributed by atoms with E-state index in [1.807, 2.05) is 0 Å². The molecule has 2 rings (SSSR count). The monoisotopic (exact) mass is 341 g/mol. The SMILES string of the molecule is COc1ccccc1C(=O)NCC(=O)Nc1cccc(NC(C)=O)c1. The van der Waals surface area contributed by atoms with Crippen LogP contribution in [0.2, 0.25) is 0 Å². The van der Waals surface area contributed by atoms with Crippen LogP contribution in [-0.2, 0) is 9.59 Å². The Morgan fingerprint density at radius 2 is 1.64 bits per heavy atom. The molecule has 0 saturated heterocycles. The van der Waals surface area contributed by atoms with Crippen LogP contribution >= 0.6 is 0 Å². The molecule has 0 bridgehead atoms. The summed E-state index contributed by atoms with van der Waals surface area (Å²) >= 11 is 0. The van der Waals surface area contributed by atoms with Gasteiger partial charge in [0.2, 0.25) is 11.8 Å². The summed E-state index contributed by atoms with van der Waals surface area (Å²) in [7, 11) is 1.47. The lowest BCUT2D eigenvalue weighted by atomic mass is 10.2. The van der Waals surface area contributed by atoms with Crippen molar-refractivity contribution in [2.24, 2.45) is 0 Å². The molecule has 0 atom stereocenters. The number of ether oxygens (including phenoxy) is 1. The molecule has 7 heteroatoms. The second-order valence-corrected chi connectivity index (χ2v) is 5.19. The quantitative estimate of drug-likeness (QED) is 0.749. The molecule has 0 radical (unpaired) electrons. The molecule has 130 valence electrons. The second-order valence-electron chi connectivity index (χ2n) is 5.19. The summed E-state index contributed by atoms with van der Waals surface area (Å²) in [5.41, 5.74) is 1.44. The van der Waals surface area contributed by atoms with E-state index in [1.54, 1.807) is 48.5 Å². The van der Waals surface area contributed by atoms with Crippen molar-refractivity contribution in [1.82, 2.24) is 5.32 Å². The molecule has 0 fully saturated rings. The van der Waals surface area contributed by atoms with Crippen LogP contribution in [0.15, 0.2) is 48.5 Å². The van der Waals surface area contributed by atoms with Crippen LogP contribution in [0.3, 0.4) is 0 Å². The van der Waals surface area contributed by atoms with Gasteiger partial charge < -0.3 is 20.7 Å². The third-order valence-corrected chi connectivity index (χ3v) is 3.23. The van der Waals surface area contributed by atoms with Gasteiger partial charge in [-0.15, -0.1) is 0 Å². The Balaban J connectivity index is 1.92. The number of amides is 3. The fraction of sp³-hybridized carbons (Fsp3) is 0.167.